The number of nitrogens with zero attached hydrogens (tertiary/aromatic N) is 3. The molecule has 30 heavy (non-hydrogen) atoms. The van der Waals surface area contributed by atoms with Crippen LogP contribution in [0.15, 0.2) is 18.2 Å². The Bertz CT molecular complexity index is 802. The predicted molar refractivity (Wildman–Crippen MR) is 114 cm³/mol. The first-order chi connectivity index (χ1) is 14.4. The Kier molecular flexibility index (Phi) is 5.91. The number of piperidine rings is 1. The number of hydrogen-bond acceptors (Lipinski definition) is 5. The molecule has 3 amide bonds. The van der Waals surface area contributed by atoms with Crippen LogP contribution in [0.5, 0.6) is 11.5 Å². The van der Waals surface area contributed by atoms with Crippen LogP contribution in [0.3, 0.4) is 0 Å². The maximum atomic E-state index is 13.2. The number of amides is 3. The second kappa shape index (κ2) is 8.46. The number of benzene rings is 1. The van der Waals surface area contributed by atoms with E-state index in [2.05, 4.69) is 30.9 Å². The van der Waals surface area contributed by atoms with E-state index in [-0.39, 0.29) is 11.9 Å². The molecule has 2 saturated heterocycles. The molecular formula is C23H33N3O4. The van der Waals surface area contributed by atoms with Gasteiger partial charge in [0.2, 0.25) is 0 Å². The predicted octanol–water partition coefficient (Wildman–Crippen LogP) is 3.12. The quantitative estimate of drug-likeness (QED) is 0.668. The first kappa shape index (κ1) is 21.0. The van der Waals surface area contributed by atoms with Crippen LogP contribution in [0.25, 0.3) is 0 Å². The van der Waals surface area contributed by atoms with Crippen molar-refractivity contribution in [3.63, 3.8) is 0 Å². The third kappa shape index (κ3) is 3.75. The fourth-order valence-electron chi connectivity index (χ4n) is 4.77. The van der Waals surface area contributed by atoms with Gasteiger partial charge in [-0.2, -0.15) is 0 Å². The minimum atomic E-state index is -0.661. The summed E-state index contributed by atoms with van der Waals surface area (Å²) in [7, 11) is 0. The summed E-state index contributed by atoms with van der Waals surface area (Å²) < 4.78 is 11.3. The van der Waals surface area contributed by atoms with Crippen molar-refractivity contribution in [3.05, 3.63) is 23.8 Å². The first-order valence-electron chi connectivity index (χ1n) is 11.2. The zero-order valence-corrected chi connectivity index (χ0v) is 18.4. The Hall–Kier alpha value is -2.28. The second-order valence-corrected chi connectivity index (χ2v) is 8.95. The van der Waals surface area contributed by atoms with Crippen LogP contribution < -0.4 is 9.47 Å². The van der Waals surface area contributed by atoms with Crippen LogP contribution in [0, 0.1) is 5.92 Å². The molecule has 0 bridgehead atoms. The lowest BCUT2D eigenvalue weighted by molar-refractivity contribution is -0.135. The zero-order chi connectivity index (χ0) is 21.3. The molecule has 0 atom stereocenters. The molecule has 0 saturated carbocycles. The Labute approximate surface area is 178 Å². The van der Waals surface area contributed by atoms with Gasteiger partial charge >= 0.3 is 6.03 Å². The van der Waals surface area contributed by atoms with E-state index in [1.807, 2.05) is 17.9 Å². The van der Waals surface area contributed by atoms with Gasteiger partial charge in [-0.1, -0.05) is 19.9 Å². The average Bonchev–Trinajstić information content (AvgIpc) is 2.93. The number of likely N-dealkylation sites (tertiary alicyclic amines) is 1. The van der Waals surface area contributed by atoms with Crippen LogP contribution >= 0.6 is 0 Å². The van der Waals surface area contributed by atoms with Crippen molar-refractivity contribution in [1.29, 1.82) is 0 Å². The number of carbonyl (C=O) groups is 2. The number of ether oxygens (including phenoxy) is 2. The van der Waals surface area contributed by atoms with E-state index in [9.17, 15) is 9.59 Å². The molecule has 3 aliphatic rings. The fourth-order valence-corrected chi connectivity index (χ4v) is 4.77. The Morgan fingerprint density at radius 1 is 1.07 bits per heavy atom. The normalized spacial score (nSPS) is 21.2. The summed E-state index contributed by atoms with van der Waals surface area (Å²) in [5, 5.41) is 0. The Balaban J connectivity index is 1.44. The van der Waals surface area contributed by atoms with Gasteiger partial charge < -0.3 is 14.4 Å². The summed E-state index contributed by atoms with van der Waals surface area (Å²) >= 11 is 0. The zero-order valence-electron chi connectivity index (χ0n) is 18.4. The highest BCUT2D eigenvalue weighted by Gasteiger charge is 2.57. The largest absolute Gasteiger partial charge is 0.486 e. The van der Waals surface area contributed by atoms with Crippen molar-refractivity contribution in [2.75, 3.05) is 39.4 Å². The molecule has 3 aliphatic heterocycles. The van der Waals surface area contributed by atoms with Crippen LogP contribution in [0.4, 0.5) is 4.79 Å². The standard InChI is InChI=1S/C23H33N3O4/c1-4-25-21(27)23(26(22(25)28)10-7-17(2)3)8-11-24(12-9-23)16-18-5-6-19-20(15-18)30-14-13-29-19/h5-6,15,17H,4,7-14,16H2,1-3H3. The van der Waals surface area contributed by atoms with Crippen molar-refractivity contribution in [3.8, 4) is 11.5 Å². The van der Waals surface area contributed by atoms with Gasteiger partial charge in [0.05, 0.1) is 0 Å². The van der Waals surface area contributed by atoms with Gasteiger partial charge in [0.25, 0.3) is 5.91 Å². The van der Waals surface area contributed by atoms with E-state index in [0.717, 1.165) is 37.6 Å². The van der Waals surface area contributed by atoms with Crippen LogP contribution in [0.1, 0.15) is 45.6 Å². The second-order valence-electron chi connectivity index (χ2n) is 8.95. The van der Waals surface area contributed by atoms with Gasteiger partial charge in [-0.3, -0.25) is 14.6 Å². The molecule has 4 rings (SSSR count). The van der Waals surface area contributed by atoms with Crippen molar-refractivity contribution in [1.82, 2.24) is 14.7 Å². The number of hydrogen-bond donors (Lipinski definition) is 0. The van der Waals surface area contributed by atoms with Gasteiger partial charge in [0, 0.05) is 32.7 Å². The third-order valence-corrected chi connectivity index (χ3v) is 6.56. The van der Waals surface area contributed by atoms with E-state index in [1.165, 1.54) is 10.5 Å². The molecule has 0 unspecified atom stereocenters. The topological polar surface area (TPSA) is 62.3 Å². The van der Waals surface area contributed by atoms with Gasteiger partial charge in [-0.15, -0.1) is 0 Å². The lowest BCUT2D eigenvalue weighted by Gasteiger charge is -2.42. The molecule has 1 aromatic carbocycles. The maximum absolute atomic E-state index is 13.2. The molecule has 2 fully saturated rings. The Morgan fingerprint density at radius 2 is 1.77 bits per heavy atom. The van der Waals surface area contributed by atoms with Crippen LogP contribution in [-0.2, 0) is 11.3 Å². The van der Waals surface area contributed by atoms with Crippen molar-refractivity contribution in [2.24, 2.45) is 5.92 Å². The van der Waals surface area contributed by atoms with E-state index in [0.29, 0.717) is 45.1 Å². The highest BCUT2D eigenvalue weighted by atomic mass is 16.6. The molecule has 0 N–H and O–H groups in total. The molecule has 0 radical (unpaired) electrons. The Morgan fingerprint density at radius 3 is 2.43 bits per heavy atom. The summed E-state index contributed by atoms with van der Waals surface area (Å²) in [6.07, 6.45) is 2.30. The summed E-state index contributed by atoms with van der Waals surface area (Å²) in [5.74, 6) is 2.11. The highest BCUT2D eigenvalue weighted by molar-refractivity contribution is 6.07. The number of rotatable bonds is 6. The summed E-state index contributed by atoms with van der Waals surface area (Å²) in [5.41, 5.74) is 0.515. The molecule has 7 heteroatoms. The number of urea groups is 1. The molecule has 7 nitrogen and oxygen atoms in total. The van der Waals surface area contributed by atoms with Crippen LogP contribution in [0.2, 0.25) is 0 Å². The number of fused-ring (bicyclic) bond motifs is 1. The van der Waals surface area contributed by atoms with E-state index >= 15 is 0 Å². The lowest BCUT2D eigenvalue weighted by Crippen LogP contribution is -2.56. The van der Waals surface area contributed by atoms with Gasteiger partial charge in [-0.05, 0) is 49.8 Å². The lowest BCUT2D eigenvalue weighted by atomic mass is 9.85. The maximum Gasteiger partial charge on any atom is 0.327 e. The van der Waals surface area contributed by atoms with Gasteiger partial charge in [0.1, 0.15) is 18.8 Å². The third-order valence-electron chi connectivity index (χ3n) is 6.56. The molecule has 1 aromatic rings. The van der Waals surface area contributed by atoms with Gasteiger partial charge in [-0.25, -0.2) is 4.79 Å². The number of imide groups is 1. The summed E-state index contributed by atoms with van der Waals surface area (Å²) in [6, 6.07) is 6.00. The van der Waals surface area contributed by atoms with Crippen molar-refractivity contribution >= 4 is 11.9 Å². The minimum Gasteiger partial charge on any atom is -0.486 e. The first-order valence-corrected chi connectivity index (χ1v) is 11.2. The van der Waals surface area contributed by atoms with Crippen molar-refractivity contribution < 1.29 is 19.1 Å². The minimum absolute atomic E-state index is 0.00210. The number of carbonyl (C=O) groups excluding carboxylic acids is 2. The molecule has 0 aromatic heterocycles. The fraction of sp³-hybridized carbons (Fsp3) is 0.652. The smallest absolute Gasteiger partial charge is 0.327 e. The van der Waals surface area contributed by atoms with E-state index in [1.54, 1.807) is 0 Å². The monoisotopic (exact) mass is 415 g/mol. The van der Waals surface area contributed by atoms with E-state index < -0.39 is 5.54 Å². The SMILES string of the molecule is CCN1C(=O)N(CCC(C)C)C2(CCN(Cc3ccc4c(c3)OCCO4)CC2)C1=O. The average molecular weight is 416 g/mol. The van der Waals surface area contributed by atoms with E-state index in [4.69, 9.17) is 9.47 Å². The molecule has 164 valence electrons. The summed E-state index contributed by atoms with van der Waals surface area (Å²) in [6.45, 7) is 10.9. The molecule has 0 aliphatic carbocycles. The highest BCUT2D eigenvalue weighted by Crippen LogP contribution is 2.38. The van der Waals surface area contributed by atoms with Crippen LogP contribution in [-0.4, -0.2) is 71.6 Å². The van der Waals surface area contributed by atoms with Gasteiger partial charge in [0.15, 0.2) is 11.5 Å². The molecule has 1 spiro atoms. The molecule has 3 heterocycles. The van der Waals surface area contributed by atoms with Crippen molar-refractivity contribution in [2.45, 2.75) is 52.1 Å². The number of likely N-dealkylation sites (N-methyl/N-ethyl adjacent to an activating group) is 1. The summed E-state index contributed by atoms with van der Waals surface area (Å²) in [4.78, 5) is 31.8. The molecular weight excluding hydrogens is 382 g/mol.